The van der Waals surface area contributed by atoms with E-state index in [1.165, 1.54) is 18.7 Å². The third-order valence-corrected chi connectivity index (χ3v) is 8.88. The van der Waals surface area contributed by atoms with Crippen molar-refractivity contribution in [3.05, 3.63) is 78.8 Å². The summed E-state index contributed by atoms with van der Waals surface area (Å²) in [4.78, 5) is 20.6. The lowest BCUT2D eigenvalue weighted by Gasteiger charge is -2.17. The lowest BCUT2D eigenvalue weighted by atomic mass is 10.1. The first-order chi connectivity index (χ1) is 18.9. The molecule has 2 aromatic carbocycles. The van der Waals surface area contributed by atoms with Gasteiger partial charge in [-0.25, -0.2) is 13.3 Å². The number of thioether (sulfide) groups is 1. The topological polar surface area (TPSA) is 143 Å². The fourth-order valence-electron chi connectivity index (χ4n) is 3.78. The lowest BCUT2D eigenvalue weighted by molar-refractivity contribution is 0.439. The van der Waals surface area contributed by atoms with Gasteiger partial charge in [0, 0.05) is 17.2 Å². The Bertz CT molecular complexity index is 1880. The van der Waals surface area contributed by atoms with Crippen LogP contribution in [0.15, 0.2) is 55.4 Å². The zero-order chi connectivity index (χ0) is 29.4. The third-order valence-electron chi connectivity index (χ3n) is 5.47. The van der Waals surface area contributed by atoms with E-state index in [1.807, 2.05) is 19.9 Å². The predicted molar refractivity (Wildman–Crippen MR) is 157 cm³/mol. The molecule has 0 spiro atoms. The Morgan fingerprint density at radius 2 is 1.77 bits per heavy atom. The lowest BCUT2D eigenvalue weighted by Crippen LogP contribution is -2.20. The Kier molecular flexibility index (Phi) is 8.52. The van der Waals surface area contributed by atoms with Gasteiger partial charge in [0.25, 0.3) is 21.3 Å². The maximum atomic E-state index is 13.5. The van der Waals surface area contributed by atoms with Crippen LogP contribution < -0.4 is 10.3 Å². The number of aryl methyl sites for hydroxylation is 2. The number of nitrogens with zero attached hydrogens (tertiary/aromatic N) is 6. The van der Waals surface area contributed by atoms with Gasteiger partial charge in [-0.15, -0.1) is 10.2 Å². The molecule has 0 radical (unpaired) electrons. The zero-order valence-corrected chi connectivity index (χ0v) is 25.2. The van der Waals surface area contributed by atoms with Crippen LogP contribution in [0.5, 0.6) is 5.88 Å². The SMILES string of the molecule is [C-]#[N+]c1c(C)c(N=Nc2nc(SC)ns2)c(=O)n(-c2cc(Cl)c(S(=O)(=O)Nc3cc(C)cc(C)c3)cc2Cl)c1O. The van der Waals surface area contributed by atoms with Crippen molar-refractivity contribution < 1.29 is 13.5 Å². The molecule has 0 atom stereocenters. The highest BCUT2D eigenvalue weighted by Crippen LogP contribution is 2.39. The number of azo groups is 1. The van der Waals surface area contributed by atoms with E-state index in [4.69, 9.17) is 29.8 Å². The Morgan fingerprint density at radius 3 is 2.38 bits per heavy atom. The second-order valence-electron chi connectivity index (χ2n) is 8.38. The molecule has 0 aliphatic heterocycles. The number of pyridine rings is 1. The van der Waals surface area contributed by atoms with Gasteiger partial charge in [-0.1, -0.05) is 41.0 Å². The fourth-order valence-corrected chi connectivity index (χ4v) is 6.73. The van der Waals surface area contributed by atoms with Crippen molar-refractivity contribution in [2.75, 3.05) is 11.0 Å². The van der Waals surface area contributed by atoms with Gasteiger partial charge in [0.15, 0.2) is 0 Å². The van der Waals surface area contributed by atoms with Crippen LogP contribution in [-0.4, -0.2) is 33.7 Å². The van der Waals surface area contributed by atoms with Crippen molar-refractivity contribution in [3.63, 3.8) is 0 Å². The molecule has 40 heavy (non-hydrogen) atoms. The standard InChI is InChI=1S/C24H19Cl2N7O4S3/c1-11-6-12(2)8-14(7-11)32-40(36,37)18-10-15(25)17(9-16(18)26)33-21(34)19(27-4)13(3)20(22(33)35)29-30-23-28-24(38-5)31-39-23/h6-10,32,34H,1-3,5H3. The monoisotopic (exact) mass is 635 g/mol. The van der Waals surface area contributed by atoms with Crippen molar-refractivity contribution in [2.45, 2.75) is 30.8 Å². The van der Waals surface area contributed by atoms with Crippen LogP contribution in [0.3, 0.4) is 0 Å². The Hall–Kier alpha value is -3.48. The normalized spacial score (nSPS) is 11.6. The first kappa shape index (κ1) is 29.5. The number of hydrogen-bond donors (Lipinski definition) is 2. The van der Waals surface area contributed by atoms with Crippen LogP contribution in [0, 0.1) is 27.3 Å². The molecule has 11 nitrogen and oxygen atoms in total. The van der Waals surface area contributed by atoms with Crippen molar-refractivity contribution >= 4 is 78.7 Å². The van der Waals surface area contributed by atoms with E-state index in [0.29, 0.717) is 10.8 Å². The summed E-state index contributed by atoms with van der Waals surface area (Å²) in [6.07, 6.45) is 1.79. The maximum Gasteiger partial charge on any atom is 0.283 e. The molecule has 4 aromatic rings. The second-order valence-corrected chi connectivity index (χ2v) is 12.3. The van der Waals surface area contributed by atoms with Gasteiger partial charge in [0.1, 0.15) is 10.6 Å². The summed E-state index contributed by atoms with van der Waals surface area (Å²) in [5.74, 6) is -0.723. The summed E-state index contributed by atoms with van der Waals surface area (Å²) < 4.78 is 33.6. The average Bonchev–Trinajstić information content (AvgIpc) is 3.33. The van der Waals surface area contributed by atoms with Gasteiger partial charge >= 0.3 is 0 Å². The molecule has 0 unspecified atom stereocenters. The predicted octanol–water partition coefficient (Wildman–Crippen LogP) is 7.12. The second kappa shape index (κ2) is 11.6. The van der Waals surface area contributed by atoms with Crippen LogP contribution in [-0.2, 0) is 10.0 Å². The molecular formula is C24H19Cl2N7O4S3. The van der Waals surface area contributed by atoms with Crippen molar-refractivity contribution in [3.8, 4) is 11.6 Å². The highest BCUT2D eigenvalue weighted by atomic mass is 35.5. The van der Waals surface area contributed by atoms with Crippen LogP contribution >= 0.6 is 46.5 Å². The quantitative estimate of drug-likeness (QED) is 0.125. The Balaban J connectivity index is 1.84. The van der Waals surface area contributed by atoms with Crippen LogP contribution in [0.1, 0.15) is 16.7 Å². The average molecular weight is 637 g/mol. The van der Waals surface area contributed by atoms with E-state index in [1.54, 1.807) is 18.4 Å². The van der Waals surface area contributed by atoms with Crippen molar-refractivity contribution in [1.82, 2.24) is 13.9 Å². The summed E-state index contributed by atoms with van der Waals surface area (Å²) in [5.41, 5.74) is 0.533. The number of halogens is 2. The number of aromatic hydroxyl groups is 1. The molecule has 0 fully saturated rings. The van der Waals surface area contributed by atoms with E-state index in [9.17, 15) is 18.3 Å². The van der Waals surface area contributed by atoms with Gasteiger partial charge in [-0.05, 0) is 68.0 Å². The van der Waals surface area contributed by atoms with E-state index in [-0.39, 0.29) is 42.7 Å². The van der Waals surface area contributed by atoms with Gasteiger partial charge < -0.3 is 5.11 Å². The number of hydrogen-bond acceptors (Lipinski definition) is 10. The Labute approximate surface area is 247 Å². The number of aromatic nitrogens is 3. The van der Waals surface area contributed by atoms with E-state index in [2.05, 4.69) is 29.2 Å². The summed E-state index contributed by atoms with van der Waals surface area (Å²) in [7, 11) is -4.20. The molecule has 0 saturated carbocycles. The number of benzene rings is 2. The summed E-state index contributed by atoms with van der Waals surface area (Å²) in [5, 5.41) is 18.9. The maximum absolute atomic E-state index is 13.5. The first-order valence-corrected chi connectivity index (χ1v) is 15.4. The largest absolute Gasteiger partial charge is 0.502 e. The minimum atomic E-state index is -4.20. The molecule has 2 heterocycles. The molecule has 4 rings (SSSR count). The highest BCUT2D eigenvalue weighted by Gasteiger charge is 2.26. The number of sulfonamides is 1. The van der Waals surface area contributed by atoms with Crippen molar-refractivity contribution in [2.24, 2.45) is 10.2 Å². The van der Waals surface area contributed by atoms with E-state index >= 15 is 0 Å². The third kappa shape index (κ3) is 5.84. The zero-order valence-electron chi connectivity index (χ0n) is 21.2. The highest BCUT2D eigenvalue weighted by molar-refractivity contribution is 7.98. The molecule has 0 aliphatic rings. The molecule has 206 valence electrons. The number of rotatable bonds is 7. The minimum absolute atomic E-state index is 0.0752. The Morgan fingerprint density at radius 1 is 1.10 bits per heavy atom. The van der Waals surface area contributed by atoms with Gasteiger partial charge in [0.2, 0.25) is 16.2 Å². The molecule has 0 aliphatic carbocycles. The van der Waals surface area contributed by atoms with E-state index in [0.717, 1.165) is 39.4 Å². The molecule has 2 aromatic heterocycles. The molecule has 0 amide bonds. The van der Waals surface area contributed by atoms with E-state index < -0.39 is 21.5 Å². The van der Waals surface area contributed by atoms with Gasteiger partial charge in [-0.2, -0.15) is 9.36 Å². The first-order valence-electron chi connectivity index (χ1n) is 11.1. The molecular weight excluding hydrogens is 617 g/mol. The molecule has 0 bridgehead atoms. The van der Waals surface area contributed by atoms with Crippen LogP contribution in [0.2, 0.25) is 10.0 Å². The summed E-state index contributed by atoms with van der Waals surface area (Å²) >= 11 is 15.1. The molecule has 2 N–H and O–H groups in total. The number of anilines is 1. The van der Waals surface area contributed by atoms with Crippen molar-refractivity contribution in [1.29, 1.82) is 0 Å². The fraction of sp³-hybridized carbons (Fsp3) is 0.167. The summed E-state index contributed by atoms with van der Waals surface area (Å²) in [6, 6.07) is 7.37. The van der Waals surface area contributed by atoms with Crippen LogP contribution in [0.4, 0.5) is 22.2 Å². The molecule has 0 saturated heterocycles. The smallest absolute Gasteiger partial charge is 0.283 e. The number of nitrogens with one attached hydrogen (secondary N) is 1. The minimum Gasteiger partial charge on any atom is -0.502 e. The summed E-state index contributed by atoms with van der Waals surface area (Å²) in [6.45, 7) is 12.6. The molecule has 16 heteroatoms. The van der Waals surface area contributed by atoms with Gasteiger partial charge in [0.05, 0.1) is 22.3 Å². The van der Waals surface area contributed by atoms with Gasteiger partial charge in [-0.3, -0.25) is 14.1 Å². The van der Waals surface area contributed by atoms with Crippen LogP contribution in [0.25, 0.3) is 10.5 Å².